The minimum Gasteiger partial charge on any atom is -0.379 e. The molecule has 1 N–H and O–H groups in total. The molecule has 0 aromatic carbocycles. The molecule has 208 valence electrons. The van der Waals surface area contributed by atoms with E-state index in [1.807, 2.05) is 6.92 Å². The Morgan fingerprint density at radius 2 is 1.84 bits per heavy atom. The second-order valence-electron chi connectivity index (χ2n) is 11.1. The highest BCUT2D eigenvalue weighted by atomic mass is 32.2. The number of carbonyl (C=O) groups excluding carboxylic acids is 1. The van der Waals surface area contributed by atoms with Crippen LogP contribution in [0.25, 0.3) is 0 Å². The minimum absolute atomic E-state index is 0.0825. The molecule has 12 heteroatoms. The van der Waals surface area contributed by atoms with E-state index in [0.29, 0.717) is 50.1 Å². The molecule has 1 amide bonds. The number of amides is 1. The standard InChI is InChI=1S/C25H42N6O5S/c1-19-17-21(26-25(32)23-18-24(36-27-23)20-3-4-20)5-10-31(19)37(33,34)30-8-6-22(7-9-30)28(2)11-12-29-13-15-35-16-14-29/h18-22H,3-17H2,1-2H3,(H,26,32)/t19-,21-/m0/s1. The summed E-state index contributed by atoms with van der Waals surface area (Å²) in [5.74, 6) is 0.943. The Hall–Kier alpha value is -1.57. The molecule has 3 saturated heterocycles. The number of hydrogen-bond donors (Lipinski definition) is 1. The summed E-state index contributed by atoms with van der Waals surface area (Å²) in [4.78, 5) is 17.5. The molecule has 5 rings (SSSR count). The average molecular weight is 539 g/mol. The maximum Gasteiger partial charge on any atom is 0.282 e. The maximum absolute atomic E-state index is 13.5. The number of nitrogens with one attached hydrogen (secondary N) is 1. The van der Waals surface area contributed by atoms with Gasteiger partial charge < -0.3 is 19.5 Å². The predicted molar refractivity (Wildman–Crippen MR) is 139 cm³/mol. The summed E-state index contributed by atoms with van der Waals surface area (Å²) in [5, 5.41) is 6.95. The fourth-order valence-electron chi connectivity index (χ4n) is 5.81. The second kappa shape index (κ2) is 11.7. The fraction of sp³-hybridized carbons (Fsp3) is 0.840. The average Bonchev–Trinajstić information content (AvgIpc) is 3.63. The van der Waals surface area contributed by atoms with Crippen LogP contribution in [0.3, 0.4) is 0 Å². The predicted octanol–water partition coefficient (Wildman–Crippen LogP) is 1.11. The Bertz CT molecular complexity index is 1020. The number of piperidine rings is 2. The Morgan fingerprint density at radius 1 is 1.11 bits per heavy atom. The quantitative estimate of drug-likeness (QED) is 0.498. The van der Waals surface area contributed by atoms with Gasteiger partial charge in [-0.2, -0.15) is 17.0 Å². The number of morpholine rings is 1. The molecule has 4 aliphatic rings. The molecule has 2 atom stereocenters. The van der Waals surface area contributed by atoms with Gasteiger partial charge in [0.1, 0.15) is 5.76 Å². The number of ether oxygens (including phenoxy) is 1. The lowest BCUT2D eigenvalue weighted by Crippen LogP contribution is -2.56. The lowest BCUT2D eigenvalue weighted by Gasteiger charge is -2.42. The van der Waals surface area contributed by atoms with Crippen LogP contribution in [-0.2, 0) is 14.9 Å². The summed E-state index contributed by atoms with van der Waals surface area (Å²) < 4.78 is 41.0. The second-order valence-corrected chi connectivity index (χ2v) is 13.0. The van der Waals surface area contributed by atoms with Gasteiger partial charge in [-0.3, -0.25) is 9.69 Å². The maximum atomic E-state index is 13.5. The number of nitrogens with zero attached hydrogens (tertiary/aromatic N) is 5. The van der Waals surface area contributed by atoms with E-state index in [1.54, 1.807) is 14.7 Å². The molecular formula is C25H42N6O5S. The van der Waals surface area contributed by atoms with Crippen molar-refractivity contribution in [3.05, 3.63) is 17.5 Å². The molecule has 0 spiro atoms. The number of hydrogen-bond acceptors (Lipinski definition) is 8. The van der Waals surface area contributed by atoms with Gasteiger partial charge in [0.2, 0.25) is 0 Å². The van der Waals surface area contributed by atoms with Crippen LogP contribution in [0.1, 0.15) is 67.6 Å². The lowest BCUT2D eigenvalue weighted by molar-refractivity contribution is 0.0311. The third-order valence-electron chi connectivity index (χ3n) is 8.43. The molecule has 0 radical (unpaired) electrons. The highest BCUT2D eigenvalue weighted by Gasteiger charge is 2.39. The lowest BCUT2D eigenvalue weighted by atomic mass is 10.0. The molecule has 0 unspecified atom stereocenters. The summed E-state index contributed by atoms with van der Waals surface area (Å²) >= 11 is 0. The van der Waals surface area contributed by atoms with E-state index >= 15 is 0 Å². The van der Waals surface area contributed by atoms with Crippen LogP contribution in [-0.4, -0.2) is 122 Å². The van der Waals surface area contributed by atoms with E-state index in [-0.39, 0.29) is 18.0 Å². The van der Waals surface area contributed by atoms with Crippen molar-refractivity contribution in [1.29, 1.82) is 0 Å². The molecule has 1 aromatic rings. The van der Waals surface area contributed by atoms with E-state index in [9.17, 15) is 13.2 Å². The van der Waals surface area contributed by atoms with Crippen LogP contribution < -0.4 is 5.32 Å². The Kier molecular flexibility index (Phi) is 8.52. The van der Waals surface area contributed by atoms with Crippen molar-refractivity contribution < 1.29 is 22.5 Å². The first-order valence-corrected chi connectivity index (χ1v) is 15.3. The van der Waals surface area contributed by atoms with Gasteiger partial charge in [-0.1, -0.05) is 5.16 Å². The Morgan fingerprint density at radius 3 is 2.51 bits per heavy atom. The molecule has 3 aliphatic heterocycles. The first-order valence-electron chi connectivity index (χ1n) is 13.9. The van der Waals surface area contributed by atoms with Crippen molar-refractivity contribution in [1.82, 2.24) is 28.9 Å². The van der Waals surface area contributed by atoms with Gasteiger partial charge in [-0.05, 0) is 52.5 Å². The molecule has 1 aliphatic carbocycles. The number of likely N-dealkylation sites (N-methyl/N-ethyl adjacent to an activating group) is 1. The normalized spacial score (nSPS) is 27.5. The van der Waals surface area contributed by atoms with Crippen molar-refractivity contribution in [2.24, 2.45) is 0 Å². The van der Waals surface area contributed by atoms with E-state index < -0.39 is 10.2 Å². The summed E-state index contributed by atoms with van der Waals surface area (Å²) in [5.41, 5.74) is 0.308. The molecular weight excluding hydrogens is 496 g/mol. The van der Waals surface area contributed by atoms with Crippen molar-refractivity contribution in [3.63, 3.8) is 0 Å². The van der Waals surface area contributed by atoms with E-state index in [4.69, 9.17) is 9.26 Å². The van der Waals surface area contributed by atoms with Crippen molar-refractivity contribution in [3.8, 4) is 0 Å². The van der Waals surface area contributed by atoms with E-state index in [2.05, 4.69) is 27.3 Å². The highest BCUT2D eigenvalue weighted by Crippen LogP contribution is 2.40. The smallest absolute Gasteiger partial charge is 0.282 e. The molecule has 11 nitrogen and oxygen atoms in total. The van der Waals surface area contributed by atoms with Gasteiger partial charge >= 0.3 is 0 Å². The summed E-state index contributed by atoms with van der Waals surface area (Å²) in [6.45, 7) is 9.05. The van der Waals surface area contributed by atoms with Gasteiger partial charge in [0.25, 0.3) is 16.1 Å². The van der Waals surface area contributed by atoms with Gasteiger partial charge in [-0.15, -0.1) is 0 Å². The zero-order valence-corrected chi connectivity index (χ0v) is 23.0. The minimum atomic E-state index is -3.53. The zero-order valence-electron chi connectivity index (χ0n) is 22.2. The number of rotatable bonds is 9. The monoisotopic (exact) mass is 538 g/mol. The first-order chi connectivity index (χ1) is 17.8. The van der Waals surface area contributed by atoms with Crippen LogP contribution in [0.4, 0.5) is 0 Å². The van der Waals surface area contributed by atoms with Crippen LogP contribution in [0.15, 0.2) is 10.6 Å². The Balaban J connectivity index is 1.07. The Labute approximate surface area is 220 Å². The fourth-order valence-corrected chi connectivity index (χ4v) is 7.65. The van der Waals surface area contributed by atoms with Crippen LogP contribution >= 0.6 is 0 Å². The summed E-state index contributed by atoms with van der Waals surface area (Å²) in [7, 11) is -1.38. The first kappa shape index (κ1) is 27.0. The van der Waals surface area contributed by atoms with Crippen molar-refractivity contribution >= 4 is 16.1 Å². The summed E-state index contributed by atoms with van der Waals surface area (Å²) in [6.07, 6.45) is 5.04. The summed E-state index contributed by atoms with van der Waals surface area (Å²) in [6, 6.07) is 1.88. The van der Waals surface area contributed by atoms with E-state index in [0.717, 1.165) is 70.8 Å². The SMILES string of the molecule is C[C@H]1C[C@@H](NC(=O)c2cc(C3CC3)on2)CCN1S(=O)(=O)N1CCC(N(C)CCN2CCOCC2)CC1. The van der Waals surface area contributed by atoms with Crippen LogP contribution in [0.2, 0.25) is 0 Å². The largest absolute Gasteiger partial charge is 0.379 e. The van der Waals surface area contributed by atoms with Crippen molar-refractivity contribution in [2.45, 2.75) is 69.5 Å². The zero-order chi connectivity index (χ0) is 26.0. The van der Waals surface area contributed by atoms with Crippen LogP contribution in [0.5, 0.6) is 0 Å². The number of carbonyl (C=O) groups is 1. The van der Waals surface area contributed by atoms with Gasteiger partial charge in [0.15, 0.2) is 5.69 Å². The molecule has 4 fully saturated rings. The van der Waals surface area contributed by atoms with Crippen LogP contribution in [0, 0.1) is 0 Å². The molecule has 4 heterocycles. The molecule has 1 saturated carbocycles. The third kappa shape index (κ3) is 6.54. The van der Waals surface area contributed by atoms with Crippen molar-refractivity contribution in [2.75, 3.05) is 66.1 Å². The third-order valence-corrected chi connectivity index (χ3v) is 10.6. The molecule has 0 bridgehead atoms. The van der Waals surface area contributed by atoms with E-state index in [1.165, 1.54) is 0 Å². The number of aromatic nitrogens is 1. The molecule has 37 heavy (non-hydrogen) atoms. The van der Waals surface area contributed by atoms with Gasteiger partial charge in [-0.25, -0.2) is 0 Å². The van der Waals surface area contributed by atoms with Gasteiger partial charge in [0.05, 0.1) is 13.2 Å². The van der Waals surface area contributed by atoms with Gasteiger partial charge in [0, 0.05) is 75.9 Å². The molecule has 1 aromatic heterocycles. The topological polar surface area (TPSA) is 111 Å². The highest BCUT2D eigenvalue weighted by molar-refractivity contribution is 7.86.